The maximum atomic E-state index is 13.2. The van der Waals surface area contributed by atoms with Crippen LogP contribution in [0.4, 0.5) is 18.9 Å². The molecule has 1 saturated heterocycles. The minimum absolute atomic E-state index is 0.102. The molecule has 1 unspecified atom stereocenters. The van der Waals surface area contributed by atoms with Gasteiger partial charge < -0.3 is 19.4 Å². The number of rotatable bonds is 5. The fourth-order valence-electron chi connectivity index (χ4n) is 3.36. The number of anilines is 1. The molecule has 1 atom stereocenters. The van der Waals surface area contributed by atoms with Crippen LogP contribution in [0.1, 0.15) is 34.3 Å². The zero-order valence-corrected chi connectivity index (χ0v) is 16.0. The van der Waals surface area contributed by atoms with Crippen LogP contribution >= 0.6 is 0 Å². The van der Waals surface area contributed by atoms with Crippen molar-refractivity contribution >= 4 is 11.6 Å². The lowest BCUT2D eigenvalue weighted by Gasteiger charge is -2.17. The van der Waals surface area contributed by atoms with Gasteiger partial charge >= 0.3 is 6.18 Å². The number of benzene rings is 1. The van der Waals surface area contributed by atoms with Gasteiger partial charge in [-0.3, -0.25) is 9.59 Å². The third-order valence-corrected chi connectivity index (χ3v) is 4.80. The molecule has 0 saturated carbocycles. The Morgan fingerprint density at radius 2 is 2.10 bits per heavy atom. The third kappa shape index (κ3) is 4.45. The van der Waals surface area contributed by atoms with E-state index in [4.69, 9.17) is 9.47 Å². The number of carbonyl (C=O) groups is 1. The number of carbonyl (C=O) groups excluding carboxylic acids is 1. The molecule has 1 N–H and O–H groups in total. The highest BCUT2D eigenvalue weighted by Crippen LogP contribution is 2.40. The van der Waals surface area contributed by atoms with E-state index in [1.165, 1.54) is 10.6 Å². The van der Waals surface area contributed by atoms with E-state index < -0.39 is 29.0 Å². The van der Waals surface area contributed by atoms with Gasteiger partial charge in [-0.05, 0) is 43.5 Å². The van der Waals surface area contributed by atoms with E-state index in [1.54, 1.807) is 19.2 Å². The van der Waals surface area contributed by atoms with Crippen LogP contribution in [0.3, 0.4) is 0 Å². The topological polar surface area (TPSA) is 69.6 Å². The van der Waals surface area contributed by atoms with E-state index in [9.17, 15) is 22.8 Å². The van der Waals surface area contributed by atoms with Crippen LogP contribution in [0.2, 0.25) is 0 Å². The van der Waals surface area contributed by atoms with E-state index in [0.717, 1.165) is 32.1 Å². The standard InChI is InChI=1S/C20H21F3N2O4/c1-12-8-9-25(11-13-5-4-10-29-13)19(27)16(12)18(26)24-15-7-3-6-14(17(15)28-2)20(21,22)23/h3,6-9,13H,4-5,10-11H2,1-2H3,(H,24,26). The molecule has 1 aliphatic rings. The van der Waals surface area contributed by atoms with Crippen molar-refractivity contribution in [2.24, 2.45) is 0 Å². The van der Waals surface area contributed by atoms with Gasteiger partial charge in [0.2, 0.25) is 0 Å². The molecule has 0 spiro atoms. The summed E-state index contributed by atoms with van der Waals surface area (Å²) >= 11 is 0. The molecular weight excluding hydrogens is 389 g/mol. The van der Waals surface area contributed by atoms with Crippen molar-refractivity contribution in [3.8, 4) is 5.75 Å². The quantitative estimate of drug-likeness (QED) is 0.818. The summed E-state index contributed by atoms with van der Waals surface area (Å²) in [5.74, 6) is -1.31. The maximum absolute atomic E-state index is 13.2. The van der Waals surface area contributed by atoms with E-state index in [0.29, 0.717) is 18.7 Å². The summed E-state index contributed by atoms with van der Waals surface area (Å²) in [4.78, 5) is 25.6. The molecule has 1 aliphatic heterocycles. The first-order valence-electron chi connectivity index (χ1n) is 9.09. The number of para-hydroxylation sites is 1. The van der Waals surface area contributed by atoms with E-state index in [-0.39, 0.29) is 17.4 Å². The molecule has 29 heavy (non-hydrogen) atoms. The lowest BCUT2D eigenvalue weighted by molar-refractivity contribution is -0.138. The van der Waals surface area contributed by atoms with E-state index >= 15 is 0 Å². The Morgan fingerprint density at radius 1 is 1.34 bits per heavy atom. The zero-order chi connectivity index (χ0) is 21.2. The van der Waals surface area contributed by atoms with Crippen molar-refractivity contribution in [2.75, 3.05) is 19.0 Å². The summed E-state index contributed by atoms with van der Waals surface area (Å²) in [5.41, 5.74) is -1.42. The predicted octanol–water partition coefficient (Wildman–Crippen LogP) is 3.62. The summed E-state index contributed by atoms with van der Waals surface area (Å²) in [7, 11) is 1.09. The fraction of sp³-hybridized carbons (Fsp3) is 0.400. The zero-order valence-electron chi connectivity index (χ0n) is 16.0. The lowest BCUT2D eigenvalue weighted by Crippen LogP contribution is -2.33. The molecule has 6 nitrogen and oxygen atoms in total. The normalized spacial score (nSPS) is 16.7. The number of aryl methyl sites for hydroxylation is 1. The average Bonchev–Trinajstić information content (AvgIpc) is 3.16. The molecule has 0 radical (unpaired) electrons. The number of halogens is 3. The second-order valence-electron chi connectivity index (χ2n) is 6.80. The number of amides is 1. The van der Waals surface area contributed by atoms with Crippen LogP contribution in [0, 0.1) is 6.92 Å². The number of aromatic nitrogens is 1. The number of ether oxygens (including phenoxy) is 2. The molecule has 156 valence electrons. The second-order valence-corrected chi connectivity index (χ2v) is 6.80. The van der Waals surface area contributed by atoms with Gasteiger partial charge in [-0.25, -0.2) is 0 Å². The molecule has 3 rings (SSSR count). The third-order valence-electron chi connectivity index (χ3n) is 4.80. The molecule has 2 aromatic rings. The highest BCUT2D eigenvalue weighted by atomic mass is 19.4. The van der Waals surface area contributed by atoms with Gasteiger partial charge in [-0.15, -0.1) is 0 Å². The number of nitrogens with one attached hydrogen (secondary N) is 1. The highest BCUT2D eigenvalue weighted by molar-refractivity contribution is 6.05. The number of alkyl halides is 3. The van der Waals surface area contributed by atoms with Crippen molar-refractivity contribution in [3.05, 3.63) is 57.5 Å². The second kappa shape index (κ2) is 8.28. The Kier molecular flexibility index (Phi) is 5.97. The summed E-state index contributed by atoms with van der Waals surface area (Å²) in [6.45, 7) is 2.54. The summed E-state index contributed by atoms with van der Waals surface area (Å²) < 4.78 is 51.4. The van der Waals surface area contributed by atoms with Crippen molar-refractivity contribution < 1.29 is 27.4 Å². The number of hydrogen-bond donors (Lipinski definition) is 1. The summed E-state index contributed by atoms with van der Waals surface area (Å²) in [6, 6.07) is 4.93. The largest absolute Gasteiger partial charge is 0.494 e. The van der Waals surface area contributed by atoms with Gasteiger partial charge in [0, 0.05) is 12.8 Å². The van der Waals surface area contributed by atoms with Gasteiger partial charge in [0.25, 0.3) is 11.5 Å². The summed E-state index contributed by atoms with van der Waals surface area (Å²) in [5, 5.41) is 2.38. The number of methoxy groups -OCH3 is 1. The lowest BCUT2D eigenvalue weighted by atomic mass is 10.1. The Morgan fingerprint density at radius 3 is 2.72 bits per heavy atom. The highest BCUT2D eigenvalue weighted by Gasteiger charge is 2.35. The van der Waals surface area contributed by atoms with Crippen molar-refractivity contribution in [3.63, 3.8) is 0 Å². The predicted molar refractivity (Wildman–Crippen MR) is 100 cm³/mol. The van der Waals surface area contributed by atoms with Crippen LogP contribution < -0.4 is 15.6 Å². The van der Waals surface area contributed by atoms with Gasteiger partial charge in [0.1, 0.15) is 5.56 Å². The van der Waals surface area contributed by atoms with Gasteiger partial charge in [-0.2, -0.15) is 13.2 Å². The van der Waals surface area contributed by atoms with E-state index in [1.807, 2.05) is 0 Å². The van der Waals surface area contributed by atoms with Gasteiger partial charge in [0.05, 0.1) is 31.0 Å². The Bertz CT molecular complexity index is 963. The number of hydrogen-bond acceptors (Lipinski definition) is 4. The molecule has 2 heterocycles. The van der Waals surface area contributed by atoms with E-state index in [2.05, 4.69) is 5.32 Å². The van der Waals surface area contributed by atoms with Crippen LogP contribution in [0.5, 0.6) is 5.75 Å². The minimum atomic E-state index is -4.65. The van der Waals surface area contributed by atoms with Crippen LogP contribution in [0.15, 0.2) is 35.3 Å². The Balaban J connectivity index is 1.93. The van der Waals surface area contributed by atoms with Crippen molar-refractivity contribution in [1.29, 1.82) is 0 Å². The molecule has 9 heteroatoms. The average molecular weight is 410 g/mol. The van der Waals surface area contributed by atoms with Crippen LogP contribution in [-0.4, -0.2) is 30.3 Å². The van der Waals surface area contributed by atoms with Crippen LogP contribution in [-0.2, 0) is 17.5 Å². The first-order chi connectivity index (χ1) is 13.7. The first kappa shape index (κ1) is 20.9. The van der Waals surface area contributed by atoms with Crippen molar-refractivity contribution in [1.82, 2.24) is 4.57 Å². The maximum Gasteiger partial charge on any atom is 0.420 e. The van der Waals surface area contributed by atoms with Crippen molar-refractivity contribution in [2.45, 2.75) is 38.6 Å². The molecule has 0 aliphatic carbocycles. The minimum Gasteiger partial charge on any atom is -0.494 e. The smallest absolute Gasteiger partial charge is 0.420 e. The molecule has 0 bridgehead atoms. The Hall–Kier alpha value is -2.81. The van der Waals surface area contributed by atoms with Gasteiger partial charge in [0.15, 0.2) is 5.75 Å². The first-order valence-corrected chi connectivity index (χ1v) is 9.09. The number of pyridine rings is 1. The molecule has 1 fully saturated rings. The monoisotopic (exact) mass is 410 g/mol. The molecule has 1 aromatic carbocycles. The molecule has 1 aromatic heterocycles. The summed E-state index contributed by atoms with van der Waals surface area (Å²) in [6.07, 6.45) is -1.43. The molecule has 1 amide bonds. The molecular formula is C20H21F3N2O4. The van der Waals surface area contributed by atoms with Crippen LogP contribution in [0.25, 0.3) is 0 Å². The Labute approximate surface area is 165 Å². The fourth-order valence-corrected chi connectivity index (χ4v) is 3.36. The SMILES string of the molecule is COc1c(NC(=O)c2c(C)ccn(CC3CCCO3)c2=O)cccc1C(F)(F)F. The van der Waals surface area contributed by atoms with Gasteiger partial charge in [-0.1, -0.05) is 6.07 Å². The number of nitrogens with zero attached hydrogens (tertiary/aromatic N) is 1.